The molecule has 1 heterocycles. The average Bonchev–Trinajstić information content (AvgIpc) is 3.01. The summed E-state index contributed by atoms with van der Waals surface area (Å²) >= 11 is 5.84. The summed E-state index contributed by atoms with van der Waals surface area (Å²) in [6.07, 6.45) is 1.85. The lowest BCUT2D eigenvalue weighted by molar-refractivity contribution is -0.120. The molecule has 0 aliphatic carbocycles. The summed E-state index contributed by atoms with van der Waals surface area (Å²) in [5.74, 6) is 0.137. The van der Waals surface area contributed by atoms with E-state index in [1.54, 1.807) is 17.0 Å². The topological polar surface area (TPSA) is 49.4 Å². The summed E-state index contributed by atoms with van der Waals surface area (Å²) in [6, 6.07) is 15.0. The molecule has 1 aliphatic heterocycles. The van der Waals surface area contributed by atoms with Gasteiger partial charge in [-0.2, -0.15) is 0 Å². The van der Waals surface area contributed by atoms with Crippen LogP contribution in [0.25, 0.3) is 0 Å². The highest BCUT2D eigenvalue weighted by Crippen LogP contribution is 2.21. The monoisotopic (exact) mass is 342 g/mol. The maximum absolute atomic E-state index is 12.0. The Morgan fingerprint density at radius 1 is 1.04 bits per heavy atom. The summed E-state index contributed by atoms with van der Waals surface area (Å²) in [5, 5.41) is 3.58. The van der Waals surface area contributed by atoms with Crippen molar-refractivity contribution in [1.29, 1.82) is 0 Å². The SMILES string of the molecule is O=C(Cc1ccc(N2CCCC2=O)cc1)NCc1ccc(Cl)cc1. The second-order valence-electron chi connectivity index (χ2n) is 5.90. The molecular weight excluding hydrogens is 324 g/mol. The molecule has 124 valence electrons. The summed E-state index contributed by atoms with van der Waals surface area (Å²) in [7, 11) is 0. The van der Waals surface area contributed by atoms with E-state index < -0.39 is 0 Å². The Hall–Kier alpha value is -2.33. The lowest BCUT2D eigenvalue weighted by atomic mass is 10.1. The molecule has 0 unspecified atom stereocenters. The van der Waals surface area contributed by atoms with Crippen LogP contribution in [-0.2, 0) is 22.6 Å². The first-order chi connectivity index (χ1) is 11.6. The minimum atomic E-state index is -0.0325. The Balaban J connectivity index is 1.52. The van der Waals surface area contributed by atoms with Crippen molar-refractivity contribution in [2.45, 2.75) is 25.8 Å². The van der Waals surface area contributed by atoms with E-state index in [9.17, 15) is 9.59 Å². The summed E-state index contributed by atoms with van der Waals surface area (Å²) in [5.41, 5.74) is 2.84. The zero-order valence-electron chi connectivity index (χ0n) is 13.3. The predicted molar refractivity (Wildman–Crippen MR) is 95.0 cm³/mol. The van der Waals surface area contributed by atoms with Crippen LogP contribution in [0.4, 0.5) is 5.69 Å². The highest BCUT2D eigenvalue weighted by atomic mass is 35.5. The molecule has 0 bridgehead atoms. The van der Waals surface area contributed by atoms with Crippen LogP contribution in [0.2, 0.25) is 5.02 Å². The maximum atomic E-state index is 12.0. The van der Waals surface area contributed by atoms with Gasteiger partial charge < -0.3 is 10.2 Å². The van der Waals surface area contributed by atoms with Crippen molar-refractivity contribution in [3.8, 4) is 0 Å². The molecular formula is C19H19ClN2O2. The molecule has 1 fully saturated rings. The van der Waals surface area contributed by atoms with Gasteiger partial charge in [-0.25, -0.2) is 0 Å². The van der Waals surface area contributed by atoms with Crippen LogP contribution in [0.15, 0.2) is 48.5 Å². The minimum absolute atomic E-state index is 0.0325. The van der Waals surface area contributed by atoms with Gasteiger partial charge in [0.2, 0.25) is 11.8 Å². The quantitative estimate of drug-likeness (QED) is 0.906. The number of carbonyl (C=O) groups excluding carboxylic acids is 2. The van der Waals surface area contributed by atoms with Gasteiger partial charge in [-0.05, 0) is 41.8 Å². The number of carbonyl (C=O) groups is 2. The van der Waals surface area contributed by atoms with Crippen molar-refractivity contribution in [2.75, 3.05) is 11.4 Å². The fourth-order valence-corrected chi connectivity index (χ4v) is 2.89. The number of hydrogen-bond acceptors (Lipinski definition) is 2. The van der Waals surface area contributed by atoms with Gasteiger partial charge in [-0.3, -0.25) is 9.59 Å². The number of rotatable bonds is 5. The molecule has 2 amide bonds. The Bertz CT molecular complexity index is 726. The van der Waals surface area contributed by atoms with Gasteiger partial charge in [0.1, 0.15) is 0 Å². The minimum Gasteiger partial charge on any atom is -0.352 e. The van der Waals surface area contributed by atoms with Crippen LogP contribution in [0.3, 0.4) is 0 Å². The van der Waals surface area contributed by atoms with E-state index >= 15 is 0 Å². The number of amides is 2. The van der Waals surface area contributed by atoms with Gasteiger partial charge in [0.05, 0.1) is 6.42 Å². The summed E-state index contributed by atoms with van der Waals surface area (Å²) in [4.78, 5) is 25.6. The second kappa shape index (κ2) is 7.49. The molecule has 4 nitrogen and oxygen atoms in total. The van der Waals surface area contributed by atoms with E-state index in [2.05, 4.69) is 5.32 Å². The zero-order chi connectivity index (χ0) is 16.9. The highest BCUT2D eigenvalue weighted by molar-refractivity contribution is 6.30. The molecule has 3 rings (SSSR count). The summed E-state index contributed by atoms with van der Waals surface area (Å²) in [6.45, 7) is 1.26. The van der Waals surface area contributed by atoms with Crippen molar-refractivity contribution < 1.29 is 9.59 Å². The summed E-state index contributed by atoms with van der Waals surface area (Å²) < 4.78 is 0. The largest absolute Gasteiger partial charge is 0.352 e. The Labute approximate surface area is 146 Å². The smallest absolute Gasteiger partial charge is 0.227 e. The molecule has 1 N–H and O–H groups in total. The number of anilines is 1. The van der Waals surface area contributed by atoms with Gasteiger partial charge in [0.25, 0.3) is 0 Å². The van der Waals surface area contributed by atoms with E-state index in [1.165, 1.54) is 0 Å². The first-order valence-electron chi connectivity index (χ1n) is 8.02. The van der Waals surface area contributed by atoms with Crippen LogP contribution in [0.1, 0.15) is 24.0 Å². The molecule has 2 aromatic rings. The normalized spacial score (nSPS) is 14.0. The highest BCUT2D eigenvalue weighted by Gasteiger charge is 2.21. The van der Waals surface area contributed by atoms with Gasteiger partial charge in [0, 0.05) is 30.2 Å². The van der Waals surface area contributed by atoms with E-state index in [1.807, 2.05) is 36.4 Å². The molecule has 1 saturated heterocycles. The zero-order valence-corrected chi connectivity index (χ0v) is 14.1. The van der Waals surface area contributed by atoms with E-state index in [0.29, 0.717) is 24.4 Å². The first-order valence-corrected chi connectivity index (χ1v) is 8.40. The third kappa shape index (κ3) is 4.15. The molecule has 0 spiro atoms. The van der Waals surface area contributed by atoms with Gasteiger partial charge in [-0.1, -0.05) is 35.9 Å². The van der Waals surface area contributed by atoms with Crippen molar-refractivity contribution in [3.63, 3.8) is 0 Å². The number of benzene rings is 2. The Morgan fingerprint density at radius 2 is 1.71 bits per heavy atom. The number of nitrogens with zero attached hydrogens (tertiary/aromatic N) is 1. The molecule has 5 heteroatoms. The number of hydrogen-bond donors (Lipinski definition) is 1. The lowest BCUT2D eigenvalue weighted by Gasteiger charge is -2.15. The van der Waals surface area contributed by atoms with Gasteiger partial charge in [-0.15, -0.1) is 0 Å². The average molecular weight is 343 g/mol. The molecule has 0 aromatic heterocycles. The predicted octanol–water partition coefficient (Wildman–Crippen LogP) is 3.33. The van der Waals surface area contributed by atoms with Crippen LogP contribution in [0, 0.1) is 0 Å². The molecule has 1 aliphatic rings. The first kappa shape index (κ1) is 16.5. The van der Waals surface area contributed by atoms with Crippen molar-refractivity contribution in [1.82, 2.24) is 5.32 Å². The third-order valence-electron chi connectivity index (χ3n) is 4.09. The Kier molecular flexibility index (Phi) is 5.16. The van der Waals surface area contributed by atoms with E-state index in [4.69, 9.17) is 11.6 Å². The third-order valence-corrected chi connectivity index (χ3v) is 4.34. The van der Waals surface area contributed by atoms with Gasteiger partial charge >= 0.3 is 0 Å². The van der Waals surface area contributed by atoms with Crippen LogP contribution in [0.5, 0.6) is 0 Å². The van der Waals surface area contributed by atoms with Crippen molar-refractivity contribution in [3.05, 3.63) is 64.7 Å². The van der Waals surface area contributed by atoms with E-state index in [0.717, 1.165) is 29.8 Å². The molecule has 0 atom stereocenters. The fourth-order valence-electron chi connectivity index (χ4n) is 2.77. The van der Waals surface area contributed by atoms with Crippen LogP contribution < -0.4 is 10.2 Å². The maximum Gasteiger partial charge on any atom is 0.227 e. The van der Waals surface area contributed by atoms with E-state index in [-0.39, 0.29) is 11.8 Å². The Morgan fingerprint density at radius 3 is 2.33 bits per heavy atom. The molecule has 0 radical (unpaired) electrons. The number of halogens is 1. The molecule has 2 aromatic carbocycles. The second-order valence-corrected chi connectivity index (χ2v) is 6.33. The van der Waals surface area contributed by atoms with Crippen LogP contribution >= 0.6 is 11.6 Å². The fraction of sp³-hybridized carbons (Fsp3) is 0.263. The van der Waals surface area contributed by atoms with Crippen LogP contribution in [-0.4, -0.2) is 18.4 Å². The van der Waals surface area contributed by atoms with Gasteiger partial charge in [0.15, 0.2) is 0 Å². The van der Waals surface area contributed by atoms with Crippen molar-refractivity contribution in [2.24, 2.45) is 0 Å². The lowest BCUT2D eigenvalue weighted by Crippen LogP contribution is -2.25. The molecule has 24 heavy (non-hydrogen) atoms. The van der Waals surface area contributed by atoms with Crippen molar-refractivity contribution >= 4 is 29.1 Å². The molecule has 0 saturated carbocycles. The standard InChI is InChI=1S/C19H19ClN2O2/c20-16-7-3-15(4-8-16)13-21-18(23)12-14-5-9-17(10-6-14)22-11-1-2-19(22)24/h3-10H,1-2,11-13H2,(H,21,23). The number of nitrogens with one attached hydrogen (secondary N) is 1.